The van der Waals surface area contributed by atoms with E-state index in [4.69, 9.17) is 29.3 Å². The van der Waals surface area contributed by atoms with Crippen molar-refractivity contribution in [3.63, 3.8) is 0 Å². The number of nitrogen functional groups attached to an aromatic ring is 1. The van der Waals surface area contributed by atoms with E-state index in [2.05, 4.69) is 51.5 Å². The largest absolute Gasteiger partial charge is 0.410 e. The van der Waals surface area contributed by atoms with Gasteiger partial charge in [0.05, 0.1) is 18.1 Å². The highest BCUT2D eigenvalue weighted by molar-refractivity contribution is 7.99. The zero-order valence-corrected chi connectivity index (χ0v) is 25.1. The van der Waals surface area contributed by atoms with Gasteiger partial charge in [-0.3, -0.25) is 4.18 Å². The second kappa shape index (κ2) is 11.1. The van der Waals surface area contributed by atoms with Gasteiger partial charge < -0.3 is 14.9 Å². The molecule has 11 nitrogen and oxygen atoms in total. The maximum absolute atomic E-state index is 11.6. The van der Waals surface area contributed by atoms with Crippen LogP contribution >= 0.6 is 11.8 Å². The van der Waals surface area contributed by atoms with Crippen LogP contribution < -0.4 is 10.9 Å². The summed E-state index contributed by atoms with van der Waals surface area (Å²) in [4.78, 5) is 8.66. The van der Waals surface area contributed by atoms with E-state index in [1.165, 1.54) is 19.2 Å². The molecule has 1 saturated heterocycles. The van der Waals surface area contributed by atoms with Crippen LogP contribution in [0.15, 0.2) is 11.4 Å². The Balaban J connectivity index is 1.68. The molecule has 0 bridgehead atoms. The molecule has 0 radical (unpaired) electrons. The van der Waals surface area contributed by atoms with Gasteiger partial charge in [-0.05, 0) is 35.4 Å². The maximum Gasteiger partial charge on any atom is 0.333 e. The lowest BCUT2D eigenvalue weighted by Crippen LogP contribution is -2.52. The van der Waals surface area contributed by atoms with Crippen LogP contribution in [0.2, 0.25) is 16.6 Å². The molecule has 0 aromatic carbocycles. The minimum absolute atomic E-state index is 0.238. The van der Waals surface area contributed by atoms with E-state index >= 15 is 0 Å². The summed E-state index contributed by atoms with van der Waals surface area (Å²) in [6.07, 6.45) is 2.78. The number of fused-ring (bicyclic) bond motifs is 1. The number of anilines is 1. The monoisotopic (exact) mass is 572 g/mol. The number of hydrogen-bond acceptors (Lipinski definition) is 10. The number of nitrogens with two attached hydrogens (primary N) is 2. The van der Waals surface area contributed by atoms with Gasteiger partial charge in [-0.25, -0.2) is 19.8 Å². The van der Waals surface area contributed by atoms with Gasteiger partial charge in [0.25, 0.3) is 0 Å². The minimum Gasteiger partial charge on any atom is -0.410 e. The van der Waals surface area contributed by atoms with Crippen molar-refractivity contribution in [1.82, 2.24) is 19.7 Å². The van der Waals surface area contributed by atoms with Crippen molar-refractivity contribution in [3.05, 3.63) is 6.33 Å². The van der Waals surface area contributed by atoms with E-state index in [0.29, 0.717) is 45.8 Å². The number of rotatable bonds is 12. The van der Waals surface area contributed by atoms with Crippen molar-refractivity contribution in [1.29, 1.82) is 0 Å². The van der Waals surface area contributed by atoms with E-state index in [0.717, 1.165) is 10.8 Å². The molecule has 0 amide bonds. The molecule has 4 rings (SSSR count). The summed E-state index contributed by atoms with van der Waals surface area (Å²) in [5.74, 6) is 2.05. The molecule has 0 spiro atoms. The van der Waals surface area contributed by atoms with Crippen molar-refractivity contribution in [3.8, 4) is 0 Å². The first-order valence-corrected chi connectivity index (χ1v) is 17.5. The van der Waals surface area contributed by atoms with E-state index in [1.807, 2.05) is 0 Å². The summed E-state index contributed by atoms with van der Waals surface area (Å²) < 4.78 is 43.4. The topological polar surface area (TPSA) is 157 Å². The lowest BCUT2D eigenvalue weighted by atomic mass is 10.2. The van der Waals surface area contributed by atoms with Crippen LogP contribution in [-0.2, 0) is 23.7 Å². The Kier molecular flexibility index (Phi) is 8.58. The van der Waals surface area contributed by atoms with Gasteiger partial charge in [0, 0.05) is 12.2 Å². The van der Waals surface area contributed by atoms with Crippen LogP contribution in [0.5, 0.6) is 0 Å². The molecule has 3 atom stereocenters. The molecule has 1 aliphatic carbocycles. The van der Waals surface area contributed by atoms with Gasteiger partial charge in [0.15, 0.2) is 11.9 Å². The highest BCUT2D eigenvalue weighted by Gasteiger charge is 2.50. The van der Waals surface area contributed by atoms with Crippen LogP contribution in [0, 0.1) is 5.92 Å². The van der Waals surface area contributed by atoms with Crippen LogP contribution in [0.25, 0.3) is 11.0 Å². The molecule has 2 fully saturated rings. The van der Waals surface area contributed by atoms with Gasteiger partial charge in [-0.1, -0.05) is 41.5 Å². The molecule has 2 aliphatic rings. The number of thioether (sulfide) groups is 1. The van der Waals surface area contributed by atoms with Crippen molar-refractivity contribution in [2.45, 2.75) is 101 Å². The minimum atomic E-state index is -4.14. The molecule has 3 heterocycles. The molecule has 1 saturated carbocycles. The fourth-order valence-corrected chi connectivity index (χ4v) is 12.8. The quantitative estimate of drug-likeness (QED) is 0.281. The van der Waals surface area contributed by atoms with E-state index < -0.39 is 37.1 Å². The lowest BCUT2D eigenvalue weighted by molar-refractivity contribution is -0.0400. The number of hydrogen-bond donors (Lipinski definition) is 2. The Hall–Kier alpha value is -1.29. The van der Waals surface area contributed by atoms with Gasteiger partial charge >= 0.3 is 10.3 Å². The summed E-state index contributed by atoms with van der Waals surface area (Å²) >= 11 is 1.66. The maximum atomic E-state index is 11.6. The van der Waals surface area contributed by atoms with Crippen molar-refractivity contribution in [2.24, 2.45) is 11.1 Å². The molecule has 1 aliphatic heterocycles. The smallest absolute Gasteiger partial charge is 0.333 e. The Morgan fingerprint density at radius 3 is 2.38 bits per heavy atom. The number of ether oxygens (including phenoxy) is 1. The molecule has 0 unspecified atom stereocenters. The zero-order valence-electron chi connectivity index (χ0n) is 22.5. The second-order valence-electron chi connectivity index (χ2n) is 11.1. The number of nitrogens with zero attached hydrogens (tertiary/aromatic N) is 4. The first-order valence-electron chi connectivity index (χ1n) is 12.9. The SMILES string of the molecule is CC(C)[Si](O[C@H]1C[C@H](n2nc(SCC3CC3)c3c(N)ncnc32)O[C@@H]1COS(N)(=O)=O)(C(C)C)C(C)C. The standard InChI is InChI=1S/C23H40N6O5S2Si/c1-13(2)37(14(3)4,15(5)6)34-17-9-19(33-18(17)10-32-36(25,30)31)29-22-20(21(24)26-12-27-22)23(28-29)35-11-16-7-8-16/h12-19H,7-11H2,1-6H3,(H2,24,26,27)(H2,25,30,31)/t17-,18+,19+/m0/s1. The van der Waals surface area contributed by atoms with Crippen molar-refractivity contribution in [2.75, 3.05) is 18.1 Å². The first-order chi connectivity index (χ1) is 17.3. The zero-order chi connectivity index (χ0) is 27.1. The molecule has 208 valence electrons. The predicted molar refractivity (Wildman–Crippen MR) is 147 cm³/mol. The molecule has 14 heteroatoms. The van der Waals surface area contributed by atoms with Crippen LogP contribution in [0.1, 0.15) is 67.0 Å². The second-order valence-corrected chi connectivity index (χ2v) is 18.7. The Labute approximate surface area is 224 Å². The number of aromatic nitrogens is 4. The fourth-order valence-electron chi connectivity index (χ4n) is 5.70. The average Bonchev–Trinajstić information content (AvgIpc) is 3.42. The van der Waals surface area contributed by atoms with Crippen LogP contribution in [0.3, 0.4) is 0 Å². The third-order valence-electron chi connectivity index (χ3n) is 7.55. The van der Waals surface area contributed by atoms with Gasteiger partial charge in [-0.2, -0.15) is 13.5 Å². The highest BCUT2D eigenvalue weighted by Crippen LogP contribution is 2.46. The molecule has 2 aromatic heterocycles. The van der Waals surface area contributed by atoms with Crippen LogP contribution in [-0.4, -0.2) is 61.1 Å². The molecule has 37 heavy (non-hydrogen) atoms. The van der Waals surface area contributed by atoms with Crippen LogP contribution in [0.4, 0.5) is 5.82 Å². The third kappa shape index (κ3) is 6.15. The van der Waals surface area contributed by atoms with E-state index in [-0.39, 0.29) is 6.61 Å². The highest BCUT2D eigenvalue weighted by atomic mass is 32.2. The normalized spacial score (nSPS) is 23.2. The molecule has 2 aromatic rings. The summed E-state index contributed by atoms with van der Waals surface area (Å²) in [7, 11) is -6.45. The summed E-state index contributed by atoms with van der Waals surface area (Å²) in [6, 6.07) is 0. The third-order valence-corrected chi connectivity index (χ3v) is 15.3. The van der Waals surface area contributed by atoms with Crippen molar-refractivity contribution < 1.29 is 21.8 Å². The lowest BCUT2D eigenvalue weighted by Gasteiger charge is -2.44. The fraction of sp³-hybridized carbons (Fsp3) is 0.783. The summed E-state index contributed by atoms with van der Waals surface area (Å²) in [5.41, 5.74) is 7.86. The summed E-state index contributed by atoms with van der Waals surface area (Å²) in [6.45, 7) is 13.0. The Morgan fingerprint density at radius 1 is 1.16 bits per heavy atom. The van der Waals surface area contributed by atoms with E-state index in [9.17, 15) is 8.42 Å². The first kappa shape index (κ1) is 28.7. The molecular formula is C23H40N6O5S2Si. The Morgan fingerprint density at radius 2 is 1.81 bits per heavy atom. The average molecular weight is 573 g/mol. The molecule has 4 N–H and O–H groups in total. The van der Waals surface area contributed by atoms with E-state index in [1.54, 1.807) is 16.4 Å². The van der Waals surface area contributed by atoms with Gasteiger partial charge in [-0.15, -0.1) is 11.8 Å². The molecular weight excluding hydrogens is 533 g/mol. The van der Waals surface area contributed by atoms with Gasteiger partial charge in [0.1, 0.15) is 23.3 Å². The Bertz CT molecular complexity index is 1180. The predicted octanol–water partition coefficient (Wildman–Crippen LogP) is 3.98. The van der Waals surface area contributed by atoms with Gasteiger partial charge in [0.2, 0.25) is 8.32 Å². The van der Waals surface area contributed by atoms with Crippen molar-refractivity contribution >= 4 is 47.2 Å². The summed E-state index contributed by atoms with van der Waals surface area (Å²) in [5, 5.41) is 11.5.